The fourth-order valence-corrected chi connectivity index (χ4v) is 3.34. The molecule has 7 heteroatoms. The van der Waals surface area contributed by atoms with Crippen LogP contribution in [-0.2, 0) is 11.3 Å². The van der Waals surface area contributed by atoms with E-state index in [0.717, 1.165) is 25.3 Å². The largest absolute Gasteiger partial charge is 0.459 e. The van der Waals surface area contributed by atoms with Crippen molar-refractivity contribution in [3.8, 4) is 0 Å². The maximum atomic E-state index is 11.9. The van der Waals surface area contributed by atoms with E-state index in [4.69, 9.17) is 9.15 Å². The molecule has 3 rings (SSSR count). The summed E-state index contributed by atoms with van der Waals surface area (Å²) in [7, 11) is 0. The average Bonchev–Trinajstić information content (AvgIpc) is 3.09. The second kappa shape index (κ2) is 6.60. The highest BCUT2D eigenvalue weighted by molar-refractivity contribution is 7.13. The maximum absolute atomic E-state index is 11.9. The molecule has 1 aliphatic rings. The lowest BCUT2D eigenvalue weighted by molar-refractivity contribution is -0.0707. The number of carbonyl (C=O) groups is 1. The number of carbonyl (C=O) groups excluding carboxylic acids is 1. The van der Waals surface area contributed by atoms with Crippen LogP contribution >= 0.6 is 11.3 Å². The molecule has 2 aromatic heterocycles. The zero-order valence-corrected chi connectivity index (χ0v) is 13.4. The van der Waals surface area contributed by atoms with Gasteiger partial charge in [0.25, 0.3) is 5.91 Å². The van der Waals surface area contributed by atoms with Crippen molar-refractivity contribution >= 4 is 22.4 Å². The predicted octanol–water partition coefficient (Wildman–Crippen LogP) is 2.60. The molecule has 0 aliphatic carbocycles. The number of furan rings is 1. The molecule has 0 saturated carbocycles. The fourth-order valence-electron chi connectivity index (χ4n) is 2.65. The van der Waals surface area contributed by atoms with Crippen LogP contribution in [0.4, 0.5) is 5.13 Å². The van der Waals surface area contributed by atoms with Crippen LogP contribution in [0.15, 0.2) is 28.2 Å². The highest BCUT2D eigenvalue weighted by atomic mass is 32.1. The average molecular weight is 321 g/mol. The van der Waals surface area contributed by atoms with E-state index in [-0.39, 0.29) is 23.9 Å². The summed E-state index contributed by atoms with van der Waals surface area (Å²) in [6.45, 7) is 6.73. The fraction of sp³-hybridized carbons (Fsp3) is 0.467. The molecule has 1 amide bonds. The molecule has 1 saturated heterocycles. The van der Waals surface area contributed by atoms with Gasteiger partial charge in [-0.25, -0.2) is 4.98 Å². The van der Waals surface area contributed by atoms with Gasteiger partial charge in [-0.1, -0.05) is 0 Å². The lowest BCUT2D eigenvalue weighted by atomic mass is 10.2. The van der Waals surface area contributed by atoms with Gasteiger partial charge >= 0.3 is 0 Å². The van der Waals surface area contributed by atoms with Crippen molar-refractivity contribution in [2.45, 2.75) is 32.6 Å². The number of nitrogens with zero attached hydrogens (tertiary/aromatic N) is 2. The molecule has 0 radical (unpaired) electrons. The lowest BCUT2D eigenvalue weighted by Crippen LogP contribution is -2.44. The van der Waals surface area contributed by atoms with Crippen molar-refractivity contribution in [3.63, 3.8) is 0 Å². The number of ether oxygens (including phenoxy) is 1. The molecule has 1 N–H and O–H groups in total. The lowest BCUT2D eigenvalue weighted by Gasteiger charge is -2.34. The Labute approximate surface area is 133 Å². The third-order valence-electron chi connectivity index (χ3n) is 3.40. The van der Waals surface area contributed by atoms with Crippen molar-refractivity contribution in [3.05, 3.63) is 35.2 Å². The van der Waals surface area contributed by atoms with Crippen LogP contribution in [0.25, 0.3) is 0 Å². The Bertz CT molecular complexity index is 616. The highest BCUT2D eigenvalue weighted by Crippen LogP contribution is 2.20. The number of amides is 1. The first-order valence-corrected chi connectivity index (χ1v) is 8.15. The quantitative estimate of drug-likeness (QED) is 0.937. The van der Waals surface area contributed by atoms with Crippen molar-refractivity contribution in [2.75, 3.05) is 18.4 Å². The first kappa shape index (κ1) is 15.2. The minimum absolute atomic E-state index is 0.237. The molecule has 0 aromatic carbocycles. The van der Waals surface area contributed by atoms with Crippen LogP contribution in [0, 0.1) is 0 Å². The first-order chi connectivity index (χ1) is 10.6. The van der Waals surface area contributed by atoms with Crippen LogP contribution in [0.1, 0.15) is 30.1 Å². The standard InChI is InChI=1S/C15H19N3O3S/c1-10-6-18(7-11(2)21-10)8-12-9-22-15(16-12)17-14(19)13-4-3-5-20-13/h3-5,9-11H,6-8H2,1-2H3,(H,16,17,19)/t10-,11+. The van der Waals surface area contributed by atoms with Crippen LogP contribution in [-0.4, -0.2) is 41.1 Å². The van der Waals surface area contributed by atoms with E-state index in [2.05, 4.69) is 29.0 Å². The van der Waals surface area contributed by atoms with Gasteiger partial charge in [0.15, 0.2) is 10.9 Å². The molecule has 0 unspecified atom stereocenters. The van der Waals surface area contributed by atoms with Gasteiger partial charge in [-0.15, -0.1) is 11.3 Å². The molecule has 118 valence electrons. The first-order valence-electron chi connectivity index (χ1n) is 7.27. The van der Waals surface area contributed by atoms with Crippen LogP contribution in [0.2, 0.25) is 0 Å². The molecule has 0 bridgehead atoms. The second-order valence-corrected chi connectivity index (χ2v) is 6.38. The van der Waals surface area contributed by atoms with Crippen molar-refractivity contribution < 1.29 is 13.9 Å². The van der Waals surface area contributed by atoms with E-state index in [1.807, 2.05) is 5.38 Å². The summed E-state index contributed by atoms with van der Waals surface area (Å²) in [6, 6.07) is 3.31. The van der Waals surface area contributed by atoms with Gasteiger partial charge in [0, 0.05) is 25.0 Å². The normalized spacial score (nSPS) is 22.6. The summed E-state index contributed by atoms with van der Waals surface area (Å²) in [5.74, 6) is 0.00657. The number of rotatable bonds is 4. The van der Waals surface area contributed by atoms with E-state index < -0.39 is 0 Å². The van der Waals surface area contributed by atoms with E-state index in [0.29, 0.717) is 5.13 Å². The van der Waals surface area contributed by atoms with Gasteiger partial charge in [-0.3, -0.25) is 15.0 Å². The van der Waals surface area contributed by atoms with Gasteiger partial charge in [0.2, 0.25) is 0 Å². The zero-order valence-electron chi connectivity index (χ0n) is 12.6. The van der Waals surface area contributed by atoms with Crippen LogP contribution < -0.4 is 5.32 Å². The number of nitrogens with one attached hydrogen (secondary N) is 1. The van der Waals surface area contributed by atoms with E-state index >= 15 is 0 Å². The van der Waals surface area contributed by atoms with Crippen LogP contribution in [0.5, 0.6) is 0 Å². The second-order valence-electron chi connectivity index (χ2n) is 5.53. The molecule has 0 spiro atoms. The van der Waals surface area contributed by atoms with Crippen molar-refractivity contribution in [1.29, 1.82) is 0 Å². The Kier molecular flexibility index (Phi) is 4.56. The Morgan fingerprint density at radius 3 is 2.91 bits per heavy atom. The number of aromatic nitrogens is 1. The number of hydrogen-bond donors (Lipinski definition) is 1. The number of thiazole rings is 1. The van der Waals surface area contributed by atoms with E-state index in [1.54, 1.807) is 12.1 Å². The molecular weight excluding hydrogens is 302 g/mol. The van der Waals surface area contributed by atoms with Gasteiger partial charge in [0.1, 0.15) is 0 Å². The van der Waals surface area contributed by atoms with Gasteiger partial charge in [-0.2, -0.15) is 0 Å². The predicted molar refractivity (Wildman–Crippen MR) is 84.1 cm³/mol. The summed E-state index contributed by atoms with van der Waals surface area (Å²) >= 11 is 1.42. The monoisotopic (exact) mass is 321 g/mol. The van der Waals surface area contributed by atoms with E-state index in [9.17, 15) is 4.79 Å². The summed E-state index contributed by atoms with van der Waals surface area (Å²) in [5.41, 5.74) is 0.959. The molecular formula is C15H19N3O3S. The highest BCUT2D eigenvalue weighted by Gasteiger charge is 2.22. The summed E-state index contributed by atoms with van der Waals surface area (Å²) in [6.07, 6.45) is 1.95. The summed E-state index contributed by atoms with van der Waals surface area (Å²) in [5, 5.41) is 5.31. The third-order valence-corrected chi connectivity index (χ3v) is 4.20. The Balaban J connectivity index is 1.58. The Hall–Kier alpha value is -1.70. The molecule has 2 atom stereocenters. The molecule has 6 nitrogen and oxygen atoms in total. The van der Waals surface area contributed by atoms with E-state index in [1.165, 1.54) is 17.6 Å². The Morgan fingerprint density at radius 1 is 1.45 bits per heavy atom. The molecule has 1 fully saturated rings. The molecule has 2 aromatic rings. The molecule has 22 heavy (non-hydrogen) atoms. The maximum Gasteiger partial charge on any atom is 0.293 e. The zero-order chi connectivity index (χ0) is 15.5. The minimum Gasteiger partial charge on any atom is -0.459 e. The summed E-state index contributed by atoms with van der Waals surface area (Å²) < 4.78 is 10.8. The number of anilines is 1. The number of morpholine rings is 1. The molecule has 3 heterocycles. The van der Waals surface area contributed by atoms with Gasteiger partial charge < -0.3 is 9.15 Å². The number of hydrogen-bond acceptors (Lipinski definition) is 6. The van der Waals surface area contributed by atoms with Gasteiger partial charge in [0.05, 0.1) is 24.2 Å². The Morgan fingerprint density at radius 2 is 2.23 bits per heavy atom. The smallest absolute Gasteiger partial charge is 0.293 e. The van der Waals surface area contributed by atoms with Crippen molar-refractivity contribution in [2.24, 2.45) is 0 Å². The van der Waals surface area contributed by atoms with Gasteiger partial charge in [-0.05, 0) is 26.0 Å². The van der Waals surface area contributed by atoms with Crippen LogP contribution in [0.3, 0.4) is 0 Å². The summed E-state index contributed by atoms with van der Waals surface area (Å²) in [4.78, 5) is 18.7. The SMILES string of the molecule is C[C@@H]1CN(Cc2csc(NC(=O)c3ccco3)n2)C[C@H](C)O1. The topological polar surface area (TPSA) is 67.6 Å². The third kappa shape index (κ3) is 3.73. The van der Waals surface area contributed by atoms with Crippen molar-refractivity contribution in [1.82, 2.24) is 9.88 Å². The molecule has 1 aliphatic heterocycles. The minimum atomic E-state index is -0.278.